The first kappa shape index (κ1) is 18.9. The average molecular weight is 421 g/mol. The summed E-state index contributed by atoms with van der Waals surface area (Å²) < 4.78 is 20.6. The van der Waals surface area contributed by atoms with Crippen molar-refractivity contribution >= 4 is 26.7 Å². The van der Waals surface area contributed by atoms with Crippen molar-refractivity contribution in [3.05, 3.63) is 60.8 Å². The number of thiazole rings is 1. The van der Waals surface area contributed by atoms with Crippen LogP contribution in [0.15, 0.2) is 55.0 Å². The molecule has 0 bridgehead atoms. The number of nitrogens with one attached hydrogen (secondary N) is 1. The first-order chi connectivity index (χ1) is 14.7. The number of halogens is 1. The van der Waals surface area contributed by atoms with Crippen molar-refractivity contribution in [3.8, 4) is 22.8 Å². The summed E-state index contributed by atoms with van der Waals surface area (Å²) in [5.41, 5.74) is 2.18. The van der Waals surface area contributed by atoms with Gasteiger partial charge in [0.25, 0.3) is 0 Å². The maximum atomic E-state index is 13.5. The molecule has 3 aromatic heterocycles. The fourth-order valence-electron chi connectivity index (χ4n) is 3.77. The lowest BCUT2D eigenvalue weighted by Crippen LogP contribution is -2.21. The molecule has 0 saturated heterocycles. The molecule has 1 N–H and O–H groups in total. The van der Waals surface area contributed by atoms with E-state index in [9.17, 15) is 4.39 Å². The van der Waals surface area contributed by atoms with E-state index in [-0.39, 0.29) is 0 Å². The molecule has 7 heteroatoms. The lowest BCUT2D eigenvalue weighted by molar-refractivity contribution is 0.462. The minimum absolute atomic E-state index is 0.395. The van der Waals surface area contributed by atoms with Crippen LogP contribution in [-0.4, -0.2) is 21.0 Å². The first-order valence-electron chi connectivity index (χ1n) is 10.1. The summed E-state index contributed by atoms with van der Waals surface area (Å²) in [5.74, 6) is 0.965. The number of ether oxygens (including phenoxy) is 1. The fourth-order valence-corrected chi connectivity index (χ4v) is 4.74. The molecule has 0 amide bonds. The lowest BCUT2D eigenvalue weighted by Gasteiger charge is -2.22. The number of hydrogen-bond acceptors (Lipinski definition) is 6. The Kier molecular flexibility index (Phi) is 5.27. The molecule has 5 nitrogen and oxygen atoms in total. The van der Waals surface area contributed by atoms with Crippen molar-refractivity contribution in [1.82, 2.24) is 15.0 Å². The highest BCUT2D eigenvalue weighted by molar-refractivity contribution is 7.22. The van der Waals surface area contributed by atoms with Gasteiger partial charge in [0.1, 0.15) is 17.3 Å². The zero-order valence-electron chi connectivity index (χ0n) is 16.3. The molecule has 4 aromatic rings. The van der Waals surface area contributed by atoms with Crippen molar-refractivity contribution in [2.45, 2.75) is 38.1 Å². The zero-order valence-corrected chi connectivity index (χ0v) is 17.2. The van der Waals surface area contributed by atoms with E-state index in [1.54, 1.807) is 35.9 Å². The molecule has 5 rings (SSSR count). The third-order valence-corrected chi connectivity index (χ3v) is 6.21. The van der Waals surface area contributed by atoms with Crippen LogP contribution in [0.2, 0.25) is 0 Å². The van der Waals surface area contributed by atoms with Crippen molar-refractivity contribution in [2.75, 3.05) is 5.32 Å². The predicted octanol–water partition coefficient (Wildman–Crippen LogP) is 6.43. The van der Waals surface area contributed by atoms with E-state index in [0.29, 0.717) is 23.0 Å². The Morgan fingerprint density at radius 1 is 1.00 bits per heavy atom. The minimum Gasteiger partial charge on any atom is -0.457 e. The Balaban J connectivity index is 1.34. The summed E-state index contributed by atoms with van der Waals surface area (Å²) in [7, 11) is 0. The molecule has 1 aliphatic rings. The predicted molar refractivity (Wildman–Crippen MR) is 118 cm³/mol. The van der Waals surface area contributed by atoms with Crippen LogP contribution >= 0.6 is 11.3 Å². The molecular formula is C23H21FN4OS. The van der Waals surface area contributed by atoms with Crippen LogP contribution < -0.4 is 10.1 Å². The third kappa shape index (κ3) is 4.26. The van der Waals surface area contributed by atoms with Gasteiger partial charge in [0.05, 0.1) is 22.1 Å². The van der Waals surface area contributed by atoms with Crippen molar-refractivity contribution in [2.24, 2.45) is 0 Å². The van der Waals surface area contributed by atoms with Crippen molar-refractivity contribution in [3.63, 3.8) is 0 Å². The number of anilines is 1. The van der Waals surface area contributed by atoms with E-state index < -0.39 is 5.82 Å². The van der Waals surface area contributed by atoms with Crippen LogP contribution in [0, 0.1) is 5.82 Å². The molecule has 0 radical (unpaired) electrons. The number of benzene rings is 1. The van der Waals surface area contributed by atoms with E-state index in [1.165, 1.54) is 44.4 Å². The van der Waals surface area contributed by atoms with Crippen molar-refractivity contribution in [1.29, 1.82) is 0 Å². The average Bonchev–Trinajstić information content (AvgIpc) is 3.16. The van der Waals surface area contributed by atoms with Crippen LogP contribution in [0.4, 0.5) is 9.52 Å². The van der Waals surface area contributed by atoms with Gasteiger partial charge in [-0.25, -0.2) is 9.37 Å². The highest BCUT2D eigenvalue weighted by Crippen LogP contribution is 2.33. The number of pyridine rings is 2. The van der Waals surface area contributed by atoms with Crippen LogP contribution in [-0.2, 0) is 0 Å². The third-order valence-electron chi connectivity index (χ3n) is 5.26. The largest absolute Gasteiger partial charge is 0.457 e. The topological polar surface area (TPSA) is 59.9 Å². The van der Waals surface area contributed by atoms with E-state index in [2.05, 4.69) is 15.3 Å². The van der Waals surface area contributed by atoms with E-state index in [0.717, 1.165) is 21.1 Å². The zero-order chi connectivity index (χ0) is 20.3. The highest BCUT2D eigenvalue weighted by Gasteiger charge is 2.15. The van der Waals surface area contributed by atoms with Gasteiger partial charge in [-0.05, 0) is 37.1 Å². The summed E-state index contributed by atoms with van der Waals surface area (Å²) in [6.07, 6.45) is 10.8. The highest BCUT2D eigenvalue weighted by atomic mass is 32.1. The second-order valence-corrected chi connectivity index (χ2v) is 8.53. The van der Waals surface area contributed by atoms with Gasteiger partial charge in [-0.2, -0.15) is 0 Å². The molecule has 0 atom stereocenters. The van der Waals surface area contributed by atoms with Gasteiger partial charge < -0.3 is 10.1 Å². The van der Waals surface area contributed by atoms with Crippen LogP contribution in [0.25, 0.3) is 21.5 Å². The summed E-state index contributed by atoms with van der Waals surface area (Å²) >= 11 is 1.65. The molecule has 1 aliphatic carbocycles. The Hall–Kier alpha value is -3.06. The van der Waals surface area contributed by atoms with Gasteiger partial charge in [0.15, 0.2) is 5.13 Å². The Labute approximate surface area is 178 Å². The molecule has 1 fully saturated rings. The maximum absolute atomic E-state index is 13.5. The van der Waals surface area contributed by atoms with Gasteiger partial charge in [-0.1, -0.05) is 30.6 Å². The van der Waals surface area contributed by atoms with E-state index in [1.807, 2.05) is 18.2 Å². The number of hydrogen-bond donors (Lipinski definition) is 1. The molecule has 3 heterocycles. The standard InChI is InChI=1S/C23H21FN4OS/c24-16-10-15(13-25-14-16)21-11-19(8-9-26-21)29-18-6-7-20-22(12-18)30-23(28-20)27-17-4-2-1-3-5-17/h6-14,17H,1-5H2,(H,27,28). The lowest BCUT2D eigenvalue weighted by atomic mass is 9.96. The summed E-state index contributed by atoms with van der Waals surface area (Å²) in [4.78, 5) is 12.9. The monoisotopic (exact) mass is 420 g/mol. The smallest absolute Gasteiger partial charge is 0.184 e. The van der Waals surface area contributed by atoms with Crippen molar-refractivity contribution < 1.29 is 9.13 Å². The maximum Gasteiger partial charge on any atom is 0.184 e. The quantitative estimate of drug-likeness (QED) is 0.403. The van der Waals surface area contributed by atoms with Crippen LogP contribution in [0.1, 0.15) is 32.1 Å². The van der Waals surface area contributed by atoms with Gasteiger partial charge in [0.2, 0.25) is 0 Å². The SMILES string of the molecule is Fc1cncc(-c2cc(Oc3ccc4nc(NC5CCCCC5)sc4c3)ccn2)c1. The number of rotatable bonds is 5. The summed E-state index contributed by atoms with van der Waals surface area (Å²) in [6, 6.07) is 11.4. The Bertz CT molecular complexity index is 1170. The fraction of sp³-hybridized carbons (Fsp3) is 0.261. The molecule has 0 spiro atoms. The molecule has 152 valence electrons. The van der Waals surface area contributed by atoms with Gasteiger partial charge >= 0.3 is 0 Å². The Morgan fingerprint density at radius 3 is 2.73 bits per heavy atom. The van der Waals surface area contributed by atoms with Crippen LogP contribution in [0.5, 0.6) is 11.5 Å². The summed E-state index contributed by atoms with van der Waals surface area (Å²) in [5, 5.41) is 4.56. The molecule has 1 aromatic carbocycles. The van der Waals surface area contributed by atoms with Gasteiger partial charge in [0, 0.05) is 36.1 Å². The first-order valence-corrected chi connectivity index (χ1v) is 11.0. The number of fused-ring (bicyclic) bond motifs is 1. The molecule has 30 heavy (non-hydrogen) atoms. The normalized spacial score (nSPS) is 14.7. The summed E-state index contributed by atoms with van der Waals surface area (Å²) in [6.45, 7) is 0. The van der Waals surface area contributed by atoms with Crippen LogP contribution in [0.3, 0.4) is 0 Å². The van der Waals surface area contributed by atoms with E-state index in [4.69, 9.17) is 9.72 Å². The minimum atomic E-state index is -0.395. The molecule has 1 saturated carbocycles. The van der Waals surface area contributed by atoms with Gasteiger partial charge in [-0.15, -0.1) is 0 Å². The second kappa shape index (κ2) is 8.36. The Morgan fingerprint density at radius 2 is 1.87 bits per heavy atom. The second-order valence-electron chi connectivity index (χ2n) is 7.50. The molecule has 0 aliphatic heterocycles. The van der Waals surface area contributed by atoms with E-state index >= 15 is 0 Å². The number of aromatic nitrogens is 3. The number of nitrogens with zero attached hydrogens (tertiary/aromatic N) is 3. The van der Waals surface area contributed by atoms with Gasteiger partial charge in [-0.3, -0.25) is 9.97 Å². The molecule has 0 unspecified atom stereocenters. The molecular weight excluding hydrogens is 399 g/mol.